The molecule has 0 unspecified atom stereocenters. The summed E-state index contributed by atoms with van der Waals surface area (Å²) in [5.74, 6) is -0.644. The molecular weight excluding hydrogens is 353 g/mol. The van der Waals surface area contributed by atoms with Crippen molar-refractivity contribution < 1.29 is 22.8 Å². The quantitative estimate of drug-likeness (QED) is 0.560. The zero-order valence-corrected chi connectivity index (χ0v) is 14.3. The third-order valence-electron chi connectivity index (χ3n) is 3.33. The molecule has 0 saturated carbocycles. The van der Waals surface area contributed by atoms with Gasteiger partial charge in [-0.15, -0.1) is 0 Å². The van der Waals surface area contributed by atoms with Gasteiger partial charge in [0, 0.05) is 25.4 Å². The van der Waals surface area contributed by atoms with E-state index in [1.54, 1.807) is 19.9 Å². The number of ether oxygens (including phenoxy) is 1. The molecule has 0 aliphatic heterocycles. The molecule has 0 radical (unpaired) electrons. The Kier molecular flexibility index (Phi) is 5.63. The average molecular weight is 370 g/mol. The maximum Gasteiger partial charge on any atom is 0.423 e. The molecule has 1 aromatic carbocycles. The zero-order valence-electron chi connectivity index (χ0n) is 14.3. The van der Waals surface area contributed by atoms with Crippen LogP contribution in [0.4, 0.5) is 30.5 Å². The van der Waals surface area contributed by atoms with Crippen LogP contribution in [0.5, 0.6) is 5.88 Å². The van der Waals surface area contributed by atoms with E-state index in [2.05, 4.69) is 9.97 Å². The Hall–Kier alpha value is -2.91. The van der Waals surface area contributed by atoms with E-state index in [1.807, 2.05) is 0 Å². The molecule has 2 aromatic rings. The van der Waals surface area contributed by atoms with Crippen molar-refractivity contribution in [3.8, 4) is 5.88 Å². The number of halogens is 3. The molecule has 7 nitrogen and oxygen atoms in total. The lowest BCUT2D eigenvalue weighted by atomic mass is 10.2. The molecule has 1 aromatic heterocycles. The van der Waals surface area contributed by atoms with Gasteiger partial charge in [-0.05, 0) is 12.0 Å². The van der Waals surface area contributed by atoms with Crippen LogP contribution in [0, 0.1) is 16.0 Å². The van der Waals surface area contributed by atoms with Gasteiger partial charge >= 0.3 is 6.18 Å². The number of non-ortho nitro benzene ring substituents is 1. The summed E-state index contributed by atoms with van der Waals surface area (Å²) in [5.41, 5.74) is -0.874. The predicted molar refractivity (Wildman–Crippen MR) is 88.5 cm³/mol. The minimum atomic E-state index is -4.66. The monoisotopic (exact) mass is 370 g/mol. The second-order valence-electron chi connectivity index (χ2n) is 5.93. The van der Waals surface area contributed by atoms with Crippen LogP contribution in [0.1, 0.15) is 19.4 Å². The van der Waals surface area contributed by atoms with E-state index in [0.29, 0.717) is 11.9 Å². The molecule has 0 atom stereocenters. The molecule has 2 rings (SSSR count). The summed E-state index contributed by atoms with van der Waals surface area (Å²) in [4.78, 5) is 19.2. The molecule has 0 amide bonds. The predicted octanol–water partition coefficient (Wildman–Crippen LogP) is 4.21. The minimum Gasteiger partial charge on any atom is -0.477 e. The zero-order chi connectivity index (χ0) is 19.5. The van der Waals surface area contributed by atoms with Gasteiger partial charge in [0.15, 0.2) is 0 Å². The summed E-state index contributed by atoms with van der Waals surface area (Å²) < 4.78 is 44.6. The van der Waals surface area contributed by atoms with Gasteiger partial charge < -0.3 is 9.64 Å². The number of nitro groups is 1. The maximum atomic E-state index is 13.1. The van der Waals surface area contributed by atoms with E-state index >= 15 is 0 Å². The van der Waals surface area contributed by atoms with Crippen molar-refractivity contribution in [1.29, 1.82) is 0 Å². The van der Waals surface area contributed by atoms with E-state index < -0.39 is 22.5 Å². The summed E-state index contributed by atoms with van der Waals surface area (Å²) in [6.45, 7) is 3.65. The van der Waals surface area contributed by atoms with Crippen LogP contribution in [-0.2, 0) is 6.18 Å². The first-order valence-corrected chi connectivity index (χ1v) is 7.64. The van der Waals surface area contributed by atoms with Crippen LogP contribution in [0.3, 0.4) is 0 Å². The molecule has 140 valence electrons. The Labute approximate surface area is 147 Å². The third kappa shape index (κ3) is 4.58. The van der Waals surface area contributed by atoms with E-state index in [0.717, 1.165) is 0 Å². The lowest BCUT2D eigenvalue weighted by Gasteiger charge is -2.20. The highest BCUT2D eigenvalue weighted by Crippen LogP contribution is 2.36. The fraction of sp³-hybridized carbons (Fsp3) is 0.375. The second-order valence-corrected chi connectivity index (χ2v) is 5.93. The SMILES string of the molecule is CC(C)COc1nc(N(C)c2cccc([N+](=O)[O-])c2)ncc1C(F)(F)F. The van der Waals surface area contributed by atoms with E-state index in [1.165, 1.54) is 30.1 Å². The van der Waals surface area contributed by atoms with Crippen molar-refractivity contribution >= 4 is 17.3 Å². The molecule has 0 aliphatic carbocycles. The van der Waals surface area contributed by atoms with Gasteiger partial charge in [-0.1, -0.05) is 19.9 Å². The first-order chi connectivity index (χ1) is 12.1. The Bertz CT molecular complexity index is 797. The summed E-state index contributed by atoms with van der Waals surface area (Å²) in [5, 5.41) is 10.9. The van der Waals surface area contributed by atoms with Gasteiger partial charge in [0.2, 0.25) is 11.8 Å². The van der Waals surface area contributed by atoms with E-state index in [-0.39, 0.29) is 24.2 Å². The van der Waals surface area contributed by atoms with Crippen LogP contribution in [0.25, 0.3) is 0 Å². The van der Waals surface area contributed by atoms with Crippen LogP contribution in [-0.4, -0.2) is 28.5 Å². The number of hydrogen-bond acceptors (Lipinski definition) is 6. The lowest BCUT2D eigenvalue weighted by molar-refractivity contribution is -0.384. The van der Waals surface area contributed by atoms with Gasteiger partial charge in [-0.2, -0.15) is 18.2 Å². The minimum absolute atomic E-state index is 0.00371. The lowest BCUT2D eigenvalue weighted by Crippen LogP contribution is -2.18. The fourth-order valence-corrected chi connectivity index (χ4v) is 2.00. The molecule has 0 saturated heterocycles. The van der Waals surface area contributed by atoms with Crippen molar-refractivity contribution in [3.63, 3.8) is 0 Å². The van der Waals surface area contributed by atoms with Crippen LogP contribution >= 0.6 is 0 Å². The van der Waals surface area contributed by atoms with Crippen molar-refractivity contribution in [1.82, 2.24) is 9.97 Å². The van der Waals surface area contributed by atoms with Crippen LogP contribution in [0.2, 0.25) is 0 Å². The third-order valence-corrected chi connectivity index (χ3v) is 3.33. The largest absolute Gasteiger partial charge is 0.477 e. The first-order valence-electron chi connectivity index (χ1n) is 7.64. The highest BCUT2D eigenvalue weighted by Gasteiger charge is 2.36. The number of nitrogens with zero attached hydrogens (tertiary/aromatic N) is 4. The van der Waals surface area contributed by atoms with E-state index in [4.69, 9.17) is 4.74 Å². The second kappa shape index (κ2) is 7.54. The Balaban J connectivity index is 2.41. The van der Waals surface area contributed by atoms with E-state index in [9.17, 15) is 23.3 Å². The normalized spacial score (nSPS) is 11.5. The summed E-state index contributed by atoms with van der Waals surface area (Å²) in [6.07, 6.45) is -4.01. The standard InChI is InChI=1S/C16H17F3N4O3/c1-10(2)9-26-14-13(16(17,18)19)8-20-15(21-14)22(3)11-5-4-6-12(7-11)23(24)25/h4-8,10H,9H2,1-3H3. The van der Waals surface area contributed by atoms with Gasteiger partial charge in [0.1, 0.15) is 5.56 Å². The van der Waals surface area contributed by atoms with Gasteiger partial charge in [-0.3, -0.25) is 10.1 Å². The van der Waals surface area contributed by atoms with Gasteiger partial charge in [0.05, 0.1) is 17.2 Å². The molecule has 0 aliphatic rings. The Morgan fingerprint density at radius 2 is 2.04 bits per heavy atom. The van der Waals surface area contributed by atoms with Crippen molar-refractivity contribution in [2.45, 2.75) is 20.0 Å². The Morgan fingerprint density at radius 1 is 1.35 bits per heavy atom. The van der Waals surface area contributed by atoms with Crippen LogP contribution in [0.15, 0.2) is 30.5 Å². The highest BCUT2D eigenvalue weighted by atomic mass is 19.4. The number of benzene rings is 1. The smallest absolute Gasteiger partial charge is 0.423 e. The molecule has 0 N–H and O–H groups in total. The molecule has 0 spiro atoms. The van der Waals surface area contributed by atoms with Gasteiger partial charge in [-0.25, -0.2) is 4.98 Å². The molecule has 0 bridgehead atoms. The number of rotatable bonds is 6. The van der Waals surface area contributed by atoms with Crippen molar-refractivity contribution in [2.75, 3.05) is 18.6 Å². The molecule has 10 heteroatoms. The summed E-state index contributed by atoms with van der Waals surface area (Å²) >= 11 is 0. The molecule has 26 heavy (non-hydrogen) atoms. The fourth-order valence-electron chi connectivity index (χ4n) is 2.00. The summed E-state index contributed by atoms with van der Waals surface area (Å²) in [7, 11) is 1.49. The average Bonchev–Trinajstić information content (AvgIpc) is 2.58. The van der Waals surface area contributed by atoms with Crippen molar-refractivity contribution in [2.24, 2.45) is 5.92 Å². The number of nitro benzene ring substituents is 1. The number of aromatic nitrogens is 2. The first kappa shape index (κ1) is 19.4. The Morgan fingerprint density at radius 3 is 2.62 bits per heavy atom. The molecular formula is C16H17F3N4O3. The number of anilines is 2. The van der Waals surface area contributed by atoms with Crippen LogP contribution < -0.4 is 9.64 Å². The van der Waals surface area contributed by atoms with Crippen molar-refractivity contribution in [3.05, 3.63) is 46.1 Å². The molecule has 1 heterocycles. The summed E-state index contributed by atoms with van der Waals surface area (Å²) in [6, 6.07) is 5.60. The van der Waals surface area contributed by atoms with Gasteiger partial charge in [0.25, 0.3) is 5.69 Å². The molecule has 0 fully saturated rings. The highest BCUT2D eigenvalue weighted by molar-refractivity contribution is 5.60. The number of hydrogen-bond donors (Lipinski definition) is 0. The topological polar surface area (TPSA) is 81.4 Å². The maximum absolute atomic E-state index is 13.1. The number of alkyl halides is 3.